The Morgan fingerprint density at radius 3 is 1.71 bits per heavy atom. The lowest BCUT2D eigenvalue weighted by atomic mass is 9.99. The van der Waals surface area contributed by atoms with Gasteiger partial charge in [0.1, 0.15) is 31.2 Å². The second-order valence-electron chi connectivity index (χ2n) is 5.75. The molecule has 4 fully saturated rings. The highest BCUT2D eigenvalue weighted by Crippen LogP contribution is 2.28. The van der Waals surface area contributed by atoms with Crippen LogP contribution in [0.3, 0.4) is 0 Å². The van der Waals surface area contributed by atoms with Gasteiger partial charge in [0.05, 0.1) is 30.8 Å². The fourth-order valence-electron chi connectivity index (χ4n) is 2.49. The lowest BCUT2D eigenvalue weighted by Gasteiger charge is -2.27. The standard InChI is InChI=1S/C12H16N3O6/c16-11-10(1-7-4-19-7)12(17)14(3-9-6-21-9)15(18)13(11)2-8-5-20-8/h7-10H,1-6H2/q+1. The minimum atomic E-state index is -0.847. The van der Waals surface area contributed by atoms with E-state index in [0.717, 1.165) is 10.0 Å². The maximum atomic E-state index is 12.4. The molecule has 9 nitrogen and oxygen atoms in total. The smallest absolute Gasteiger partial charge is 0.298 e. The fourth-order valence-corrected chi connectivity index (χ4v) is 2.49. The first kappa shape index (κ1) is 13.1. The van der Waals surface area contributed by atoms with Crippen LogP contribution in [0.15, 0.2) is 0 Å². The van der Waals surface area contributed by atoms with Crippen LogP contribution in [0.25, 0.3) is 0 Å². The lowest BCUT2D eigenvalue weighted by molar-refractivity contribution is -0.805. The largest absolute Gasteiger partial charge is 0.373 e. The molecule has 0 N–H and O–H groups in total. The monoisotopic (exact) mass is 298 g/mol. The number of hydrogen-bond acceptors (Lipinski definition) is 6. The molecule has 4 aliphatic heterocycles. The summed E-state index contributed by atoms with van der Waals surface area (Å²) >= 11 is 0. The Morgan fingerprint density at radius 1 is 0.905 bits per heavy atom. The molecule has 0 aromatic heterocycles. The maximum absolute atomic E-state index is 12.4. The number of hydrogen-bond donors (Lipinski definition) is 0. The van der Waals surface area contributed by atoms with E-state index < -0.39 is 17.7 Å². The van der Waals surface area contributed by atoms with Crippen LogP contribution in [0.1, 0.15) is 6.42 Å². The van der Waals surface area contributed by atoms with Gasteiger partial charge in [-0.25, -0.2) is 0 Å². The molecule has 4 aliphatic rings. The fraction of sp³-hybridized carbons (Fsp3) is 0.833. The Labute approximate surface area is 120 Å². The van der Waals surface area contributed by atoms with E-state index in [9.17, 15) is 14.5 Å². The second kappa shape index (κ2) is 4.72. The van der Waals surface area contributed by atoms with Gasteiger partial charge in [-0.05, 0) is 16.4 Å². The Balaban J connectivity index is 1.54. The van der Waals surface area contributed by atoms with Crippen molar-refractivity contribution in [3.05, 3.63) is 4.91 Å². The Hall–Kier alpha value is -1.58. The molecular weight excluding hydrogens is 282 g/mol. The SMILES string of the molecule is O=C1C(CC2CO2)C(=O)N(CC2CO2)[N+](=O)N1CC1CO1. The van der Waals surface area contributed by atoms with Crippen LogP contribution in [0, 0.1) is 10.8 Å². The second-order valence-corrected chi connectivity index (χ2v) is 5.75. The van der Waals surface area contributed by atoms with Crippen molar-refractivity contribution in [2.24, 2.45) is 5.92 Å². The van der Waals surface area contributed by atoms with E-state index in [1.165, 1.54) is 0 Å². The average Bonchev–Trinajstić information content (AvgIpc) is 3.31. The third-order valence-electron chi connectivity index (χ3n) is 3.98. The first-order chi connectivity index (χ1) is 10.1. The van der Waals surface area contributed by atoms with Gasteiger partial charge in [-0.2, -0.15) is 0 Å². The molecule has 0 radical (unpaired) electrons. The summed E-state index contributed by atoms with van der Waals surface area (Å²) in [6.07, 6.45) is 0.0419. The van der Waals surface area contributed by atoms with Crippen LogP contribution in [0.4, 0.5) is 0 Å². The molecule has 21 heavy (non-hydrogen) atoms. The van der Waals surface area contributed by atoms with E-state index in [-0.39, 0.29) is 31.4 Å². The van der Waals surface area contributed by atoms with Crippen molar-refractivity contribution < 1.29 is 28.8 Å². The first-order valence-electron chi connectivity index (χ1n) is 7.08. The maximum Gasteiger partial charge on any atom is 0.298 e. The minimum absolute atomic E-state index is 0.0563. The van der Waals surface area contributed by atoms with Crippen molar-refractivity contribution in [1.82, 2.24) is 10.0 Å². The van der Waals surface area contributed by atoms with Gasteiger partial charge in [-0.15, -0.1) is 0 Å². The molecule has 0 spiro atoms. The van der Waals surface area contributed by atoms with E-state index in [1.807, 2.05) is 0 Å². The van der Waals surface area contributed by atoms with Crippen LogP contribution in [-0.4, -0.2) is 78.0 Å². The zero-order valence-electron chi connectivity index (χ0n) is 11.3. The normalized spacial score (nSPS) is 38.0. The number of amides is 2. The van der Waals surface area contributed by atoms with Crippen molar-refractivity contribution in [2.45, 2.75) is 24.7 Å². The first-order valence-corrected chi connectivity index (χ1v) is 7.08. The van der Waals surface area contributed by atoms with Gasteiger partial charge in [-0.3, -0.25) is 9.59 Å². The number of ether oxygens (including phenoxy) is 3. The summed E-state index contributed by atoms with van der Waals surface area (Å²) in [5.74, 6) is -1.77. The van der Waals surface area contributed by atoms with E-state index in [0.29, 0.717) is 31.2 Å². The van der Waals surface area contributed by atoms with Gasteiger partial charge in [0.2, 0.25) is 0 Å². The number of carbonyl (C=O) groups excluding carboxylic acids is 2. The predicted molar refractivity (Wildman–Crippen MR) is 64.4 cm³/mol. The summed E-state index contributed by atoms with van der Waals surface area (Å²) in [6.45, 7) is 2.00. The minimum Gasteiger partial charge on any atom is -0.373 e. The number of carbonyl (C=O) groups is 2. The summed E-state index contributed by atoms with van der Waals surface area (Å²) in [4.78, 5) is 37.5. The Bertz CT molecular complexity index is 410. The third kappa shape index (κ3) is 2.63. The summed E-state index contributed by atoms with van der Waals surface area (Å²) in [6, 6.07) is 0. The van der Waals surface area contributed by atoms with E-state index in [1.54, 1.807) is 0 Å². The third-order valence-corrected chi connectivity index (χ3v) is 3.98. The molecule has 4 saturated heterocycles. The highest BCUT2D eigenvalue weighted by molar-refractivity contribution is 6.00. The molecular formula is C12H16N3O6+. The zero-order valence-corrected chi connectivity index (χ0v) is 11.3. The van der Waals surface area contributed by atoms with Gasteiger partial charge < -0.3 is 14.2 Å². The predicted octanol–water partition coefficient (Wildman–Crippen LogP) is -1.53. The molecule has 0 aromatic rings. The van der Waals surface area contributed by atoms with Crippen molar-refractivity contribution in [1.29, 1.82) is 0 Å². The lowest BCUT2D eigenvalue weighted by Crippen LogP contribution is -2.62. The summed E-state index contributed by atoms with van der Waals surface area (Å²) in [7, 11) is 0. The van der Waals surface area contributed by atoms with E-state index in [2.05, 4.69) is 0 Å². The van der Waals surface area contributed by atoms with Gasteiger partial charge in [0.25, 0.3) is 16.8 Å². The number of rotatable bonds is 6. The summed E-state index contributed by atoms with van der Waals surface area (Å²) < 4.78 is 15.3. The number of nitrogens with zero attached hydrogens (tertiary/aromatic N) is 3. The van der Waals surface area contributed by atoms with Crippen molar-refractivity contribution in [2.75, 3.05) is 32.9 Å². The summed E-state index contributed by atoms with van der Waals surface area (Å²) in [5, 5.41) is 2.13. The molecule has 114 valence electrons. The van der Waals surface area contributed by atoms with Crippen LogP contribution < -0.4 is 0 Å². The van der Waals surface area contributed by atoms with Crippen LogP contribution >= 0.6 is 0 Å². The van der Waals surface area contributed by atoms with E-state index >= 15 is 0 Å². The van der Waals surface area contributed by atoms with Crippen LogP contribution in [-0.2, 0) is 23.8 Å². The Kier molecular flexibility index (Phi) is 2.95. The van der Waals surface area contributed by atoms with E-state index in [4.69, 9.17) is 14.2 Å². The van der Waals surface area contributed by atoms with Crippen LogP contribution in [0.5, 0.6) is 0 Å². The van der Waals surface area contributed by atoms with Crippen LogP contribution in [0.2, 0.25) is 0 Å². The molecule has 4 rings (SSSR count). The average molecular weight is 298 g/mol. The summed E-state index contributed by atoms with van der Waals surface area (Å²) in [5.41, 5.74) is 0. The topological polar surface area (TPSA) is 98.3 Å². The molecule has 0 bridgehead atoms. The molecule has 0 aromatic carbocycles. The highest BCUT2D eigenvalue weighted by atomic mass is 16.6. The van der Waals surface area contributed by atoms with Crippen molar-refractivity contribution in [3.63, 3.8) is 0 Å². The van der Waals surface area contributed by atoms with Crippen molar-refractivity contribution in [3.8, 4) is 0 Å². The van der Waals surface area contributed by atoms with Gasteiger partial charge in [0, 0.05) is 0 Å². The molecule has 0 aliphatic carbocycles. The van der Waals surface area contributed by atoms with Gasteiger partial charge in [0.15, 0.2) is 0 Å². The molecule has 3 unspecified atom stereocenters. The molecule has 4 heterocycles. The molecule has 3 atom stereocenters. The highest BCUT2D eigenvalue weighted by Gasteiger charge is 2.56. The molecule has 0 saturated carbocycles. The van der Waals surface area contributed by atoms with Gasteiger partial charge in [-0.1, -0.05) is 0 Å². The number of hydrazine groups is 2. The zero-order chi connectivity index (χ0) is 14.6. The van der Waals surface area contributed by atoms with Gasteiger partial charge >= 0.3 is 0 Å². The van der Waals surface area contributed by atoms with Crippen molar-refractivity contribution >= 4 is 11.8 Å². The quantitative estimate of drug-likeness (QED) is 0.335. The molecule has 9 heteroatoms. The Morgan fingerprint density at radius 2 is 1.33 bits per heavy atom. The number of nitroso groups, excluding NO2 is 1. The molecule has 2 amide bonds. The number of epoxide rings is 3.